The number of nitrogens with one attached hydrogen (secondary N) is 2. The highest BCUT2D eigenvalue weighted by Gasteiger charge is 2.29. The van der Waals surface area contributed by atoms with Crippen LogP contribution in [0.2, 0.25) is 0 Å². The van der Waals surface area contributed by atoms with Crippen molar-refractivity contribution in [3.05, 3.63) is 42.0 Å². The molecule has 0 radical (unpaired) electrons. The molecule has 1 amide bonds. The van der Waals surface area contributed by atoms with Gasteiger partial charge in [-0.05, 0) is 55.9 Å². The van der Waals surface area contributed by atoms with Gasteiger partial charge < -0.3 is 15.4 Å². The summed E-state index contributed by atoms with van der Waals surface area (Å²) in [6.07, 6.45) is 4.33. The minimum atomic E-state index is -4.00. The summed E-state index contributed by atoms with van der Waals surface area (Å²) in [5, 5.41) is 10.1. The van der Waals surface area contributed by atoms with Gasteiger partial charge in [0.2, 0.25) is 16.0 Å². The largest absolute Gasteiger partial charge is 0.446 e. The quantitative estimate of drug-likeness (QED) is 0.584. The molecule has 1 aliphatic rings. The maximum atomic E-state index is 14.1. The molecule has 0 spiro atoms. The van der Waals surface area contributed by atoms with Gasteiger partial charge in [0.15, 0.2) is 0 Å². The Morgan fingerprint density at radius 2 is 2.03 bits per heavy atom. The molecular formula is C19H23F2N5O4S. The normalized spacial score (nSPS) is 19.6. The molecule has 9 nitrogen and oxygen atoms in total. The predicted octanol–water partition coefficient (Wildman–Crippen LogP) is 2.73. The van der Waals surface area contributed by atoms with Gasteiger partial charge in [-0.3, -0.25) is 0 Å². The van der Waals surface area contributed by atoms with Crippen LogP contribution in [0.1, 0.15) is 37.7 Å². The maximum absolute atomic E-state index is 14.1. The summed E-state index contributed by atoms with van der Waals surface area (Å²) in [4.78, 5) is 19.7. The molecule has 0 bridgehead atoms. The third-order valence-electron chi connectivity index (χ3n) is 4.91. The zero-order chi connectivity index (χ0) is 22.6. The summed E-state index contributed by atoms with van der Waals surface area (Å²) in [7, 11) is -4.00. The van der Waals surface area contributed by atoms with Crippen molar-refractivity contribution in [2.75, 3.05) is 12.0 Å². The summed E-state index contributed by atoms with van der Waals surface area (Å²) in [5.74, 6) is -0.581. The van der Waals surface area contributed by atoms with Crippen LogP contribution in [0, 0.1) is 5.82 Å². The van der Waals surface area contributed by atoms with Crippen LogP contribution in [-0.2, 0) is 14.8 Å². The van der Waals surface area contributed by atoms with Gasteiger partial charge >= 0.3 is 6.09 Å². The van der Waals surface area contributed by atoms with Crippen LogP contribution in [0.3, 0.4) is 0 Å². The minimum absolute atomic E-state index is 0.00278. The number of alkyl halides is 1. The van der Waals surface area contributed by atoms with E-state index in [0.717, 1.165) is 18.1 Å². The Labute approximate surface area is 178 Å². The first-order valence-electron chi connectivity index (χ1n) is 9.60. The Bertz CT molecular complexity index is 1040. The van der Waals surface area contributed by atoms with Crippen LogP contribution in [0.15, 0.2) is 35.5 Å². The molecule has 1 aliphatic carbocycles. The van der Waals surface area contributed by atoms with E-state index in [0.29, 0.717) is 12.8 Å². The molecule has 0 aliphatic heterocycles. The highest BCUT2D eigenvalue weighted by Crippen LogP contribution is 2.35. The number of carbonyl (C=O) groups excluding carboxylic acids is 1. The third kappa shape index (κ3) is 6.07. The number of halogens is 2. The van der Waals surface area contributed by atoms with E-state index in [4.69, 9.17) is 9.88 Å². The number of alkyl carbamates (subject to hydrolysis) is 1. The van der Waals surface area contributed by atoms with E-state index >= 15 is 0 Å². The number of sulfonamides is 1. The van der Waals surface area contributed by atoms with Crippen molar-refractivity contribution in [1.29, 1.82) is 0 Å². The second-order valence-corrected chi connectivity index (χ2v) is 8.95. The maximum Gasteiger partial charge on any atom is 0.407 e. The Hall–Kier alpha value is -2.86. The van der Waals surface area contributed by atoms with E-state index in [1.165, 1.54) is 12.1 Å². The number of hydrogen-bond donors (Lipinski definition) is 3. The summed E-state index contributed by atoms with van der Waals surface area (Å²) in [6, 6.07) is 2.63. The summed E-state index contributed by atoms with van der Waals surface area (Å²) < 4.78 is 54.5. The van der Waals surface area contributed by atoms with Gasteiger partial charge in [0.05, 0.1) is 16.6 Å². The van der Waals surface area contributed by atoms with Crippen LogP contribution in [0.25, 0.3) is 0 Å². The van der Waals surface area contributed by atoms with Crippen molar-refractivity contribution < 1.29 is 26.7 Å². The van der Waals surface area contributed by atoms with E-state index < -0.39 is 34.7 Å². The van der Waals surface area contributed by atoms with E-state index in [1.54, 1.807) is 19.3 Å². The molecule has 4 N–H and O–H groups in total. The zero-order valence-corrected chi connectivity index (χ0v) is 17.5. The molecule has 168 valence electrons. The summed E-state index contributed by atoms with van der Waals surface area (Å²) in [6.45, 7) is 0.881. The van der Waals surface area contributed by atoms with E-state index in [1.807, 2.05) is 0 Å². The molecular weight excluding hydrogens is 432 g/mol. The van der Waals surface area contributed by atoms with Crippen LogP contribution < -0.4 is 15.8 Å². The lowest BCUT2D eigenvalue weighted by molar-refractivity contribution is 0.0965. The molecule has 3 rings (SSSR count). The number of rotatable bonds is 7. The predicted molar refractivity (Wildman–Crippen MR) is 109 cm³/mol. The lowest BCUT2D eigenvalue weighted by Gasteiger charge is -2.15. The molecule has 2 aromatic rings. The Morgan fingerprint density at radius 1 is 1.32 bits per heavy atom. The van der Waals surface area contributed by atoms with Gasteiger partial charge in [-0.15, -0.1) is 0 Å². The number of hydrogen-bond acceptors (Lipinski definition) is 7. The molecule has 12 heteroatoms. The molecule has 0 saturated heterocycles. The molecule has 31 heavy (non-hydrogen) atoms. The number of carbonyl (C=O) groups is 1. The lowest BCUT2D eigenvalue weighted by atomic mass is 10.0. The number of ether oxygens (including phenoxy) is 1. The van der Waals surface area contributed by atoms with Gasteiger partial charge in [0.1, 0.15) is 18.6 Å². The smallest absolute Gasteiger partial charge is 0.407 e. The van der Waals surface area contributed by atoms with Crippen LogP contribution >= 0.6 is 0 Å². The molecule has 1 heterocycles. The summed E-state index contributed by atoms with van der Waals surface area (Å²) in [5.41, 5.74) is 0.849. The number of primary sulfonamides is 1. The average molecular weight is 455 g/mol. The number of nitrogens with two attached hydrogens (primary N) is 1. The molecule has 1 unspecified atom stereocenters. The Kier molecular flexibility index (Phi) is 7.01. The van der Waals surface area contributed by atoms with Crippen molar-refractivity contribution in [2.45, 2.75) is 49.1 Å². The highest BCUT2D eigenvalue weighted by atomic mass is 32.2. The molecule has 1 saturated carbocycles. The van der Waals surface area contributed by atoms with E-state index in [-0.39, 0.29) is 28.6 Å². The van der Waals surface area contributed by atoms with Crippen molar-refractivity contribution in [3.8, 4) is 0 Å². The average Bonchev–Trinajstić information content (AvgIpc) is 3.17. The number of anilines is 2. The molecule has 1 fully saturated rings. The standard InChI is InChI=1S/C19H23F2N5O4S/c1-11(8-20)25-19(27)30-14-3-2-12(6-14)13-9-23-18(24-10-13)26-17-5-4-15(7-16(17)21)31(22,28)29/h4-5,7,9-12,14H,2-3,6,8H2,1H3,(H,25,27)(H2,22,28,29)(H,23,24,26)/t11?,12-,14+/m1/s1. The molecule has 3 atom stereocenters. The number of nitrogens with zero attached hydrogens (tertiary/aromatic N) is 2. The van der Waals surface area contributed by atoms with Crippen molar-refractivity contribution in [2.24, 2.45) is 5.14 Å². The lowest BCUT2D eigenvalue weighted by Crippen LogP contribution is -2.36. The Balaban J connectivity index is 1.58. The number of benzene rings is 1. The van der Waals surface area contributed by atoms with E-state index in [2.05, 4.69) is 20.6 Å². The first kappa shape index (κ1) is 22.8. The second kappa shape index (κ2) is 9.52. The first-order valence-corrected chi connectivity index (χ1v) is 11.1. The van der Waals surface area contributed by atoms with Crippen molar-refractivity contribution in [3.63, 3.8) is 0 Å². The topological polar surface area (TPSA) is 136 Å². The van der Waals surface area contributed by atoms with E-state index in [9.17, 15) is 22.0 Å². The first-order chi connectivity index (χ1) is 14.7. The monoisotopic (exact) mass is 455 g/mol. The van der Waals surface area contributed by atoms with Gasteiger partial charge in [-0.1, -0.05) is 0 Å². The zero-order valence-electron chi connectivity index (χ0n) is 16.7. The number of amides is 1. The molecule has 1 aromatic carbocycles. The van der Waals surface area contributed by atoms with Crippen LogP contribution in [-0.4, -0.2) is 43.3 Å². The summed E-state index contributed by atoms with van der Waals surface area (Å²) >= 11 is 0. The van der Waals surface area contributed by atoms with Crippen molar-refractivity contribution in [1.82, 2.24) is 15.3 Å². The third-order valence-corrected chi connectivity index (χ3v) is 5.82. The van der Waals surface area contributed by atoms with Gasteiger partial charge in [-0.25, -0.2) is 37.1 Å². The highest BCUT2D eigenvalue weighted by molar-refractivity contribution is 7.89. The van der Waals surface area contributed by atoms with Gasteiger partial charge in [0.25, 0.3) is 0 Å². The van der Waals surface area contributed by atoms with Gasteiger partial charge in [0, 0.05) is 12.4 Å². The van der Waals surface area contributed by atoms with Crippen LogP contribution in [0.5, 0.6) is 0 Å². The minimum Gasteiger partial charge on any atom is -0.446 e. The fourth-order valence-corrected chi connectivity index (χ4v) is 3.81. The second-order valence-electron chi connectivity index (χ2n) is 7.39. The SMILES string of the molecule is CC(CF)NC(=O)O[C@H]1CC[C@@H](c2cnc(Nc3ccc(S(N)(=O)=O)cc3F)nc2)C1. The van der Waals surface area contributed by atoms with Crippen molar-refractivity contribution >= 4 is 27.8 Å². The Morgan fingerprint density at radius 3 is 2.65 bits per heavy atom. The fraction of sp³-hybridized carbons (Fsp3) is 0.421. The fourth-order valence-electron chi connectivity index (χ4n) is 3.28. The number of aromatic nitrogens is 2. The van der Waals surface area contributed by atoms with Gasteiger partial charge in [-0.2, -0.15) is 0 Å². The molecule has 1 aromatic heterocycles. The van der Waals surface area contributed by atoms with Crippen LogP contribution in [0.4, 0.5) is 25.2 Å².